The molecule has 166 valence electrons. The number of nitrogens with one attached hydrogen (secondary N) is 2. The Morgan fingerprint density at radius 2 is 2.00 bits per heavy atom. The zero-order valence-corrected chi connectivity index (χ0v) is 17.4. The minimum atomic E-state index is -4.43. The van der Waals surface area contributed by atoms with Gasteiger partial charge in [0.15, 0.2) is 5.96 Å². The Balaban J connectivity index is 1.73. The van der Waals surface area contributed by atoms with E-state index < -0.39 is 18.6 Å². The maximum atomic E-state index is 12.5. The van der Waals surface area contributed by atoms with Crippen LogP contribution < -0.4 is 15.4 Å². The third-order valence-corrected chi connectivity index (χ3v) is 5.58. The number of hydrogen-bond acceptors (Lipinski definition) is 3. The topological polar surface area (TPSA) is 66.0 Å². The maximum Gasteiger partial charge on any atom is 0.406 e. The number of nitrogens with zero attached hydrogens (tertiary/aromatic N) is 2. The Labute approximate surface area is 174 Å². The van der Waals surface area contributed by atoms with Gasteiger partial charge in [0, 0.05) is 25.6 Å². The van der Waals surface area contributed by atoms with Crippen molar-refractivity contribution in [3.05, 3.63) is 29.8 Å². The Morgan fingerprint density at radius 3 is 2.67 bits per heavy atom. The highest BCUT2D eigenvalue weighted by Crippen LogP contribution is 2.46. The number of aliphatic imine (C=N–C) groups is 1. The number of rotatable bonds is 5. The molecule has 1 amide bonds. The number of guanidine groups is 1. The van der Waals surface area contributed by atoms with E-state index in [4.69, 9.17) is 4.74 Å². The van der Waals surface area contributed by atoms with Gasteiger partial charge >= 0.3 is 6.18 Å². The van der Waals surface area contributed by atoms with Crippen molar-refractivity contribution in [2.45, 2.75) is 56.8 Å². The van der Waals surface area contributed by atoms with E-state index in [1.165, 1.54) is 0 Å². The number of amides is 1. The van der Waals surface area contributed by atoms with Gasteiger partial charge in [-0.1, -0.05) is 18.2 Å². The van der Waals surface area contributed by atoms with Gasteiger partial charge in [-0.2, -0.15) is 13.2 Å². The molecule has 1 aliphatic carbocycles. The van der Waals surface area contributed by atoms with Crippen LogP contribution in [0.2, 0.25) is 0 Å². The zero-order chi connectivity index (χ0) is 21.8. The molecule has 0 bridgehead atoms. The van der Waals surface area contributed by atoms with E-state index in [0.717, 1.165) is 50.5 Å². The van der Waals surface area contributed by atoms with Gasteiger partial charge in [0.2, 0.25) is 5.91 Å². The van der Waals surface area contributed by atoms with Crippen LogP contribution in [-0.2, 0) is 4.79 Å². The molecule has 1 aliphatic heterocycles. The first-order valence-corrected chi connectivity index (χ1v) is 10.3. The van der Waals surface area contributed by atoms with E-state index in [9.17, 15) is 18.0 Å². The van der Waals surface area contributed by atoms with Crippen molar-refractivity contribution in [1.82, 2.24) is 15.5 Å². The van der Waals surface area contributed by atoms with Crippen molar-refractivity contribution in [3.8, 4) is 5.75 Å². The Hall–Kier alpha value is -2.45. The van der Waals surface area contributed by atoms with E-state index in [1.807, 2.05) is 31.2 Å². The highest BCUT2D eigenvalue weighted by molar-refractivity contribution is 5.85. The number of fused-ring (bicyclic) bond motifs is 1. The fraction of sp³-hybridized carbons (Fsp3) is 0.619. The van der Waals surface area contributed by atoms with Crippen LogP contribution in [0.1, 0.15) is 50.6 Å². The average Bonchev–Trinajstić information content (AvgIpc) is 3.12. The van der Waals surface area contributed by atoms with Gasteiger partial charge in [-0.25, -0.2) is 4.99 Å². The fourth-order valence-electron chi connectivity index (χ4n) is 4.18. The third kappa shape index (κ3) is 5.58. The number of carbonyl (C=O) groups excluding carboxylic acids is 1. The Morgan fingerprint density at radius 1 is 1.30 bits per heavy atom. The smallest absolute Gasteiger partial charge is 0.406 e. The quantitative estimate of drug-likeness (QED) is 0.560. The number of carbonyl (C=O) groups is 1. The molecule has 30 heavy (non-hydrogen) atoms. The molecule has 0 radical (unpaired) electrons. The predicted molar refractivity (Wildman–Crippen MR) is 108 cm³/mol. The summed E-state index contributed by atoms with van der Waals surface area (Å²) in [7, 11) is 1.13. The second kappa shape index (κ2) is 9.14. The highest BCUT2D eigenvalue weighted by Gasteiger charge is 2.43. The second-order valence-electron chi connectivity index (χ2n) is 7.99. The summed E-state index contributed by atoms with van der Waals surface area (Å²) < 4.78 is 43.9. The number of alkyl halides is 3. The molecular weight excluding hydrogens is 397 g/mol. The summed E-state index contributed by atoms with van der Waals surface area (Å²) in [5.41, 5.74) is 0.813. The van der Waals surface area contributed by atoms with E-state index >= 15 is 0 Å². The second-order valence-corrected chi connectivity index (χ2v) is 7.99. The first kappa shape index (κ1) is 22.2. The first-order chi connectivity index (χ1) is 14.2. The zero-order valence-electron chi connectivity index (χ0n) is 17.4. The van der Waals surface area contributed by atoms with Crippen molar-refractivity contribution < 1.29 is 22.7 Å². The van der Waals surface area contributed by atoms with Gasteiger partial charge in [-0.05, 0) is 38.7 Å². The summed E-state index contributed by atoms with van der Waals surface area (Å²) in [5.74, 6) is 0.560. The molecule has 1 fully saturated rings. The number of likely N-dealkylation sites (N-methyl/N-ethyl adjacent to an activating group) is 1. The lowest BCUT2D eigenvalue weighted by Gasteiger charge is -2.40. The van der Waals surface area contributed by atoms with E-state index in [1.54, 1.807) is 0 Å². The molecule has 6 nitrogen and oxygen atoms in total. The maximum absolute atomic E-state index is 12.5. The molecule has 2 N–H and O–H groups in total. The number of hydrogen-bond donors (Lipinski definition) is 2. The summed E-state index contributed by atoms with van der Waals surface area (Å²) >= 11 is 0. The van der Waals surface area contributed by atoms with Gasteiger partial charge in [-0.3, -0.25) is 4.79 Å². The lowest BCUT2D eigenvalue weighted by Crippen LogP contribution is -2.47. The SMILES string of the molecule is CCNC(=NCC(=O)N(C)CC(F)(F)F)NC1CC2(CCCC2)Oc2ccccc21. The van der Waals surface area contributed by atoms with Crippen LogP contribution in [0.4, 0.5) is 13.2 Å². The summed E-state index contributed by atoms with van der Waals surface area (Å²) in [6.45, 7) is 0.804. The molecule has 1 heterocycles. The number of para-hydroxylation sites is 1. The molecule has 9 heteroatoms. The van der Waals surface area contributed by atoms with Crippen molar-refractivity contribution in [1.29, 1.82) is 0 Å². The number of ether oxygens (including phenoxy) is 1. The third-order valence-electron chi connectivity index (χ3n) is 5.58. The van der Waals surface area contributed by atoms with Crippen molar-refractivity contribution >= 4 is 11.9 Å². The van der Waals surface area contributed by atoms with Crippen molar-refractivity contribution in [3.63, 3.8) is 0 Å². The first-order valence-electron chi connectivity index (χ1n) is 10.3. The lowest BCUT2D eigenvalue weighted by atomic mass is 9.86. The lowest BCUT2D eigenvalue weighted by molar-refractivity contribution is -0.157. The molecule has 3 rings (SSSR count). The van der Waals surface area contributed by atoms with Gasteiger partial charge in [0.1, 0.15) is 24.4 Å². The molecule has 1 spiro atoms. The Kier molecular flexibility index (Phi) is 6.77. The normalized spacial score (nSPS) is 20.4. The van der Waals surface area contributed by atoms with Gasteiger partial charge in [-0.15, -0.1) is 0 Å². The molecule has 1 atom stereocenters. The van der Waals surface area contributed by atoms with Crippen LogP contribution in [-0.4, -0.2) is 55.2 Å². The van der Waals surface area contributed by atoms with Crippen molar-refractivity contribution in [2.24, 2.45) is 4.99 Å². The van der Waals surface area contributed by atoms with Gasteiger partial charge < -0.3 is 20.3 Å². The molecule has 0 saturated heterocycles. The average molecular weight is 426 g/mol. The molecule has 0 aromatic heterocycles. The fourth-order valence-corrected chi connectivity index (χ4v) is 4.18. The molecule has 2 aliphatic rings. The summed E-state index contributed by atoms with van der Waals surface area (Å²) in [5, 5.41) is 6.46. The molecular formula is C21H29F3N4O2. The molecule has 1 aromatic carbocycles. The predicted octanol–water partition coefficient (Wildman–Crippen LogP) is 3.40. The van der Waals surface area contributed by atoms with Gasteiger partial charge in [0.25, 0.3) is 0 Å². The van der Waals surface area contributed by atoms with Crippen LogP contribution in [0.15, 0.2) is 29.3 Å². The van der Waals surface area contributed by atoms with Crippen LogP contribution in [0.5, 0.6) is 5.75 Å². The monoisotopic (exact) mass is 426 g/mol. The number of halogens is 3. The highest BCUT2D eigenvalue weighted by atomic mass is 19.4. The summed E-state index contributed by atoms with van der Waals surface area (Å²) in [4.78, 5) is 17.0. The number of benzene rings is 1. The van der Waals surface area contributed by atoms with Gasteiger partial charge in [0.05, 0.1) is 6.04 Å². The van der Waals surface area contributed by atoms with E-state index in [-0.39, 0.29) is 18.2 Å². The molecule has 1 saturated carbocycles. The van der Waals surface area contributed by atoms with Crippen molar-refractivity contribution in [2.75, 3.05) is 26.7 Å². The van der Waals surface area contributed by atoms with E-state index in [2.05, 4.69) is 15.6 Å². The molecule has 1 aromatic rings. The Bertz CT molecular complexity index is 776. The minimum absolute atomic E-state index is 0.0612. The largest absolute Gasteiger partial charge is 0.487 e. The van der Waals surface area contributed by atoms with E-state index in [0.29, 0.717) is 17.4 Å². The minimum Gasteiger partial charge on any atom is -0.487 e. The molecule has 1 unspecified atom stereocenters. The standard InChI is InChI=1S/C21H29F3N4O2/c1-3-25-19(26-13-18(29)28(2)14-21(22,23)24)27-16-12-20(10-6-7-11-20)30-17-9-5-4-8-15(16)17/h4-5,8-9,16H,3,6-7,10-14H2,1-2H3,(H2,25,26,27). The summed E-state index contributed by atoms with van der Waals surface area (Å²) in [6, 6.07) is 7.79. The summed E-state index contributed by atoms with van der Waals surface area (Å²) in [6.07, 6.45) is 0.586. The van der Waals surface area contributed by atoms with Crippen LogP contribution >= 0.6 is 0 Å². The van der Waals surface area contributed by atoms with Crippen LogP contribution in [0.25, 0.3) is 0 Å². The van der Waals surface area contributed by atoms with Crippen LogP contribution in [0, 0.1) is 0 Å². The van der Waals surface area contributed by atoms with Crippen LogP contribution in [0.3, 0.4) is 0 Å².